The van der Waals surface area contributed by atoms with Gasteiger partial charge < -0.3 is 10.1 Å². The van der Waals surface area contributed by atoms with Crippen molar-refractivity contribution in [3.05, 3.63) is 70.5 Å². The Bertz CT molecular complexity index is 562. The molecule has 1 unspecified atom stereocenters. The van der Waals surface area contributed by atoms with Gasteiger partial charge in [-0.1, -0.05) is 48.0 Å². The van der Waals surface area contributed by atoms with Crippen LogP contribution in [0.25, 0.3) is 0 Å². The summed E-state index contributed by atoms with van der Waals surface area (Å²) in [5.41, 5.74) is 1.44. The number of likely N-dealkylation sites (N-methyl/N-ethyl adjacent to an activating group) is 1. The van der Waals surface area contributed by atoms with E-state index in [1.54, 1.807) is 18.2 Å². The van der Waals surface area contributed by atoms with Gasteiger partial charge in [-0.3, -0.25) is 0 Å². The molecule has 0 aliphatic rings. The molecule has 106 valence electrons. The predicted molar refractivity (Wildman–Crippen MR) is 79.3 cm³/mol. The fourth-order valence-corrected chi connectivity index (χ4v) is 2.18. The first-order valence-corrected chi connectivity index (χ1v) is 6.84. The Labute approximate surface area is 123 Å². The largest absolute Gasteiger partial charge is 0.367 e. The third-order valence-electron chi connectivity index (χ3n) is 3.04. The van der Waals surface area contributed by atoms with Crippen LogP contribution < -0.4 is 5.32 Å². The molecule has 0 aliphatic heterocycles. The average molecular weight is 294 g/mol. The Hall–Kier alpha value is -1.42. The zero-order chi connectivity index (χ0) is 14.4. The quantitative estimate of drug-likeness (QED) is 0.870. The van der Waals surface area contributed by atoms with Crippen molar-refractivity contribution < 1.29 is 9.13 Å². The maximum Gasteiger partial charge on any atom is 0.129 e. The van der Waals surface area contributed by atoms with Crippen LogP contribution in [0.5, 0.6) is 0 Å². The molecule has 0 radical (unpaired) electrons. The highest BCUT2D eigenvalue weighted by Crippen LogP contribution is 2.23. The molecule has 0 aliphatic carbocycles. The number of benzene rings is 2. The normalized spacial score (nSPS) is 12.3. The molecule has 0 aromatic heterocycles. The lowest BCUT2D eigenvalue weighted by atomic mass is 10.1. The molecule has 0 bridgehead atoms. The second-order valence-corrected chi connectivity index (χ2v) is 4.88. The van der Waals surface area contributed by atoms with Crippen LogP contribution in [0.1, 0.15) is 17.2 Å². The zero-order valence-corrected chi connectivity index (χ0v) is 12.0. The Morgan fingerprint density at radius 1 is 1.15 bits per heavy atom. The summed E-state index contributed by atoms with van der Waals surface area (Å²) in [4.78, 5) is 0. The first kappa shape index (κ1) is 15.0. The number of hydrogen-bond acceptors (Lipinski definition) is 2. The summed E-state index contributed by atoms with van der Waals surface area (Å²) in [6.45, 7) is 0.881. The van der Waals surface area contributed by atoms with Crippen molar-refractivity contribution >= 4 is 11.6 Å². The van der Waals surface area contributed by atoms with Crippen molar-refractivity contribution in [1.82, 2.24) is 5.32 Å². The SMILES string of the molecule is CNCC(OCc1ccccc1Cl)c1ccccc1F. The second kappa shape index (κ2) is 7.39. The van der Waals surface area contributed by atoms with E-state index in [1.807, 2.05) is 31.3 Å². The molecule has 0 spiro atoms. The number of rotatable bonds is 6. The van der Waals surface area contributed by atoms with E-state index >= 15 is 0 Å². The van der Waals surface area contributed by atoms with Crippen LogP contribution in [0.3, 0.4) is 0 Å². The van der Waals surface area contributed by atoms with Crippen LogP contribution in [0.4, 0.5) is 4.39 Å². The molecular formula is C16H17ClFNO. The predicted octanol–water partition coefficient (Wildman–Crippen LogP) is 3.96. The molecule has 0 heterocycles. The Morgan fingerprint density at radius 3 is 2.55 bits per heavy atom. The molecule has 1 atom stereocenters. The van der Waals surface area contributed by atoms with Gasteiger partial charge in [-0.2, -0.15) is 0 Å². The fourth-order valence-electron chi connectivity index (χ4n) is 1.99. The number of hydrogen-bond donors (Lipinski definition) is 1. The molecule has 20 heavy (non-hydrogen) atoms. The van der Waals surface area contributed by atoms with E-state index in [4.69, 9.17) is 16.3 Å². The molecule has 2 nitrogen and oxygen atoms in total. The molecular weight excluding hydrogens is 277 g/mol. The summed E-state index contributed by atoms with van der Waals surface area (Å²) in [6.07, 6.45) is -0.350. The molecule has 0 amide bonds. The minimum absolute atomic E-state index is 0.257. The van der Waals surface area contributed by atoms with Gasteiger partial charge in [0.1, 0.15) is 5.82 Å². The molecule has 2 aromatic carbocycles. The van der Waals surface area contributed by atoms with Crippen molar-refractivity contribution in [1.29, 1.82) is 0 Å². The van der Waals surface area contributed by atoms with Gasteiger partial charge in [-0.25, -0.2) is 4.39 Å². The summed E-state index contributed by atoms with van der Waals surface area (Å²) in [5.74, 6) is -0.257. The first-order valence-electron chi connectivity index (χ1n) is 6.46. The van der Waals surface area contributed by atoms with E-state index in [0.29, 0.717) is 23.7 Å². The van der Waals surface area contributed by atoms with Crippen molar-refractivity contribution in [2.24, 2.45) is 0 Å². The molecule has 4 heteroatoms. The lowest BCUT2D eigenvalue weighted by molar-refractivity contribution is 0.0388. The number of ether oxygens (including phenoxy) is 1. The average Bonchev–Trinajstić information content (AvgIpc) is 2.46. The molecule has 1 N–H and O–H groups in total. The third-order valence-corrected chi connectivity index (χ3v) is 3.41. The van der Waals surface area contributed by atoms with E-state index in [9.17, 15) is 4.39 Å². The fraction of sp³-hybridized carbons (Fsp3) is 0.250. The Kier molecular flexibility index (Phi) is 5.53. The van der Waals surface area contributed by atoms with Gasteiger partial charge in [-0.15, -0.1) is 0 Å². The highest BCUT2D eigenvalue weighted by molar-refractivity contribution is 6.31. The van der Waals surface area contributed by atoms with Crippen molar-refractivity contribution in [2.75, 3.05) is 13.6 Å². The minimum atomic E-state index is -0.350. The number of halogens is 2. The first-order chi connectivity index (χ1) is 9.72. The Balaban J connectivity index is 2.11. The van der Waals surface area contributed by atoms with Crippen molar-refractivity contribution in [3.8, 4) is 0 Å². The maximum atomic E-state index is 13.8. The van der Waals surface area contributed by atoms with Gasteiger partial charge >= 0.3 is 0 Å². The van der Waals surface area contributed by atoms with Gasteiger partial charge in [0, 0.05) is 17.1 Å². The van der Waals surface area contributed by atoms with Gasteiger partial charge in [0.05, 0.1) is 12.7 Å². The molecule has 2 aromatic rings. The monoisotopic (exact) mass is 293 g/mol. The summed E-state index contributed by atoms with van der Waals surface area (Å²) < 4.78 is 19.7. The second-order valence-electron chi connectivity index (χ2n) is 4.47. The summed E-state index contributed by atoms with van der Waals surface area (Å²) >= 11 is 6.09. The lowest BCUT2D eigenvalue weighted by Gasteiger charge is -2.19. The zero-order valence-electron chi connectivity index (χ0n) is 11.3. The van der Waals surface area contributed by atoms with Crippen LogP contribution in [-0.4, -0.2) is 13.6 Å². The van der Waals surface area contributed by atoms with E-state index in [2.05, 4.69) is 5.32 Å². The maximum absolute atomic E-state index is 13.8. The van der Waals surface area contributed by atoms with Crippen LogP contribution in [-0.2, 0) is 11.3 Å². The molecule has 2 rings (SSSR count). The van der Waals surface area contributed by atoms with Gasteiger partial charge in [0.15, 0.2) is 0 Å². The van der Waals surface area contributed by atoms with Crippen LogP contribution in [0.2, 0.25) is 5.02 Å². The molecule has 0 saturated carbocycles. The van der Waals surface area contributed by atoms with Crippen LogP contribution >= 0.6 is 11.6 Å². The minimum Gasteiger partial charge on any atom is -0.367 e. The van der Waals surface area contributed by atoms with E-state index in [-0.39, 0.29) is 11.9 Å². The van der Waals surface area contributed by atoms with E-state index in [1.165, 1.54) is 6.07 Å². The summed E-state index contributed by atoms with van der Waals surface area (Å²) in [5, 5.41) is 3.68. The smallest absolute Gasteiger partial charge is 0.129 e. The van der Waals surface area contributed by atoms with Crippen LogP contribution in [0.15, 0.2) is 48.5 Å². The van der Waals surface area contributed by atoms with E-state index < -0.39 is 0 Å². The van der Waals surface area contributed by atoms with Crippen LogP contribution in [0, 0.1) is 5.82 Å². The topological polar surface area (TPSA) is 21.3 Å². The highest BCUT2D eigenvalue weighted by atomic mass is 35.5. The standard InChI is InChI=1S/C16H17ClFNO/c1-19-10-16(13-7-3-5-9-15(13)18)20-11-12-6-2-4-8-14(12)17/h2-9,16,19H,10-11H2,1H3. The lowest BCUT2D eigenvalue weighted by Crippen LogP contribution is -2.20. The summed E-state index contributed by atoms with van der Waals surface area (Å²) in [6, 6.07) is 14.1. The Morgan fingerprint density at radius 2 is 1.85 bits per heavy atom. The van der Waals surface area contributed by atoms with Crippen molar-refractivity contribution in [2.45, 2.75) is 12.7 Å². The van der Waals surface area contributed by atoms with Gasteiger partial charge in [0.25, 0.3) is 0 Å². The van der Waals surface area contributed by atoms with Gasteiger partial charge in [0.2, 0.25) is 0 Å². The van der Waals surface area contributed by atoms with Gasteiger partial charge in [-0.05, 0) is 24.7 Å². The third kappa shape index (κ3) is 3.79. The molecule has 0 saturated heterocycles. The van der Waals surface area contributed by atoms with E-state index in [0.717, 1.165) is 5.56 Å². The highest BCUT2D eigenvalue weighted by Gasteiger charge is 2.15. The number of nitrogens with one attached hydrogen (secondary N) is 1. The van der Waals surface area contributed by atoms with Crippen molar-refractivity contribution in [3.63, 3.8) is 0 Å². The molecule has 0 fully saturated rings. The summed E-state index contributed by atoms with van der Waals surface area (Å²) in [7, 11) is 1.81.